The van der Waals surface area contributed by atoms with E-state index in [0.717, 1.165) is 5.01 Å². The Labute approximate surface area is 86.2 Å². The summed E-state index contributed by atoms with van der Waals surface area (Å²) in [7, 11) is 0. The van der Waals surface area contributed by atoms with E-state index in [4.69, 9.17) is 11.6 Å². The number of rotatable bonds is 6. The summed E-state index contributed by atoms with van der Waals surface area (Å²) in [6.07, 6.45) is 0.671. The third-order valence-electron chi connectivity index (χ3n) is 1.67. The summed E-state index contributed by atoms with van der Waals surface area (Å²) in [6, 6.07) is 0. The molecule has 0 spiro atoms. The van der Waals surface area contributed by atoms with Crippen LogP contribution in [-0.2, 0) is 4.79 Å². The van der Waals surface area contributed by atoms with Gasteiger partial charge in [0, 0.05) is 6.54 Å². The average Bonchev–Trinajstić information content (AvgIpc) is 2.75. The highest BCUT2D eigenvalue weighted by Crippen LogP contribution is 1.90. The normalized spacial score (nSPS) is 10.0. The van der Waals surface area contributed by atoms with E-state index in [9.17, 15) is 4.79 Å². The lowest BCUT2D eigenvalue weighted by molar-refractivity contribution is -0.129. The number of amides is 1. The van der Waals surface area contributed by atoms with E-state index >= 15 is 0 Å². The van der Waals surface area contributed by atoms with Crippen molar-refractivity contribution >= 4 is 11.9 Å². The molecule has 1 aromatic rings. The first-order valence-corrected chi connectivity index (χ1v) is 4.46. The fourth-order valence-corrected chi connectivity index (χ4v) is 0.879. The van der Waals surface area contributed by atoms with Gasteiger partial charge < -0.3 is 11.1 Å². The van der Waals surface area contributed by atoms with Crippen LogP contribution >= 0.6 is 0 Å². The number of carbonyl (C=O) groups is 1. The van der Waals surface area contributed by atoms with E-state index in [1.165, 1.54) is 0 Å². The third-order valence-corrected chi connectivity index (χ3v) is 1.67. The number of aromatic nitrogens is 4. The molecule has 6 N–H and O–H groups in total. The molecule has 0 saturated heterocycles. The van der Waals surface area contributed by atoms with Crippen molar-refractivity contribution in [3.63, 3.8) is 0 Å². The summed E-state index contributed by atoms with van der Waals surface area (Å²) in [5, 5.41) is 16.6. The SMILES string of the molecule is NCCCN(N)C(=O)CNc1nn[nH]n1. The van der Waals surface area contributed by atoms with E-state index < -0.39 is 0 Å². The van der Waals surface area contributed by atoms with Gasteiger partial charge in [-0.25, -0.2) is 5.84 Å². The molecule has 0 radical (unpaired) electrons. The molecule has 9 heteroatoms. The molecule has 0 saturated carbocycles. The Kier molecular flexibility index (Phi) is 4.44. The van der Waals surface area contributed by atoms with Crippen LogP contribution in [0.1, 0.15) is 6.42 Å². The summed E-state index contributed by atoms with van der Waals surface area (Å²) in [5.74, 6) is 5.47. The highest BCUT2D eigenvalue weighted by atomic mass is 16.2. The maximum atomic E-state index is 11.4. The number of hydrazine groups is 1. The number of nitrogens with one attached hydrogen (secondary N) is 2. The summed E-state index contributed by atoms with van der Waals surface area (Å²) >= 11 is 0. The van der Waals surface area contributed by atoms with E-state index in [2.05, 4.69) is 25.9 Å². The summed E-state index contributed by atoms with van der Waals surface area (Å²) in [6.45, 7) is 0.961. The Balaban J connectivity index is 2.23. The van der Waals surface area contributed by atoms with Crippen LogP contribution in [0.5, 0.6) is 0 Å². The van der Waals surface area contributed by atoms with Crippen molar-refractivity contribution in [3.8, 4) is 0 Å². The highest BCUT2D eigenvalue weighted by molar-refractivity contribution is 5.79. The number of nitrogens with two attached hydrogens (primary N) is 2. The van der Waals surface area contributed by atoms with Crippen molar-refractivity contribution in [2.24, 2.45) is 11.6 Å². The maximum Gasteiger partial charge on any atom is 0.263 e. The second kappa shape index (κ2) is 5.88. The van der Waals surface area contributed by atoms with E-state index in [0.29, 0.717) is 19.5 Å². The molecule has 0 aliphatic rings. The lowest BCUT2D eigenvalue weighted by Gasteiger charge is -2.15. The molecule has 0 aliphatic heterocycles. The topological polar surface area (TPSA) is 139 Å². The van der Waals surface area contributed by atoms with Crippen LogP contribution in [0.25, 0.3) is 0 Å². The van der Waals surface area contributed by atoms with Gasteiger partial charge in [0.1, 0.15) is 0 Å². The number of H-pyrrole nitrogens is 1. The first-order valence-electron chi connectivity index (χ1n) is 4.46. The van der Waals surface area contributed by atoms with E-state index in [1.807, 2.05) is 0 Å². The number of hydrogen-bond acceptors (Lipinski definition) is 7. The number of hydrogen-bond donors (Lipinski definition) is 4. The fourth-order valence-electron chi connectivity index (χ4n) is 0.879. The molecule has 0 aliphatic carbocycles. The molecule has 1 rings (SSSR count). The average molecular weight is 214 g/mol. The Morgan fingerprint density at radius 1 is 1.60 bits per heavy atom. The standard InChI is InChI=1S/C6H14N8O/c7-2-1-3-14(8)5(15)4-9-6-10-12-13-11-6/h1-4,7-8H2,(H2,9,10,11,12,13). The van der Waals surface area contributed by atoms with Crippen LogP contribution in [0.4, 0.5) is 5.95 Å². The van der Waals surface area contributed by atoms with Gasteiger partial charge in [-0.15, -0.1) is 5.10 Å². The molecular formula is C6H14N8O. The Morgan fingerprint density at radius 3 is 3.00 bits per heavy atom. The van der Waals surface area contributed by atoms with Crippen LogP contribution in [0, 0.1) is 0 Å². The van der Waals surface area contributed by atoms with Gasteiger partial charge in [0.2, 0.25) is 0 Å². The maximum absolute atomic E-state index is 11.4. The first-order chi connectivity index (χ1) is 7.24. The lowest BCUT2D eigenvalue weighted by Crippen LogP contribution is -2.42. The lowest BCUT2D eigenvalue weighted by atomic mass is 10.4. The minimum atomic E-state index is -0.256. The first kappa shape index (κ1) is 11.3. The molecule has 1 amide bonds. The zero-order chi connectivity index (χ0) is 11.1. The largest absolute Gasteiger partial charge is 0.342 e. The zero-order valence-electron chi connectivity index (χ0n) is 8.18. The number of nitrogens with zero attached hydrogens (tertiary/aromatic N) is 4. The van der Waals surface area contributed by atoms with Gasteiger partial charge >= 0.3 is 0 Å². The van der Waals surface area contributed by atoms with Gasteiger partial charge in [-0.1, -0.05) is 5.10 Å². The van der Waals surface area contributed by atoms with Crippen LogP contribution in [0.3, 0.4) is 0 Å². The number of anilines is 1. The van der Waals surface area contributed by atoms with Gasteiger partial charge in [0.15, 0.2) is 0 Å². The van der Waals surface area contributed by atoms with Gasteiger partial charge in [-0.3, -0.25) is 9.80 Å². The number of tetrazole rings is 1. The predicted molar refractivity (Wildman–Crippen MR) is 52.2 cm³/mol. The molecular weight excluding hydrogens is 200 g/mol. The molecule has 0 unspecified atom stereocenters. The molecule has 84 valence electrons. The minimum absolute atomic E-state index is 0.0284. The Hall–Kier alpha value is -1.74. The second-order valence-corrected chi connectivity index (χ2v) is 2.82. The molecule has 1 heterocycles. The van der Waals surface area contributed by atoms with Crippen molar-refractivity contribution in [3.05, 3.63) is 0 Å². The number of aromatic amines is 1. The van der Waals surface area contributed by atoms with Gasteiger partial charge in [0.25, 0.3) is 11.9 Å². The minimum Gasteiger partial charge on any atom is -0.342 e. The van der Waals surface area contributed by atoms with Crippen LogP contribution in [0.2, 0.25) is 0 Å². The number of carbonyl (C=O) groups excluding carboxylic acids is 1. The van der Waals surface area contributed by atoms with Crippen molar-refractivity contribution < 1.29 is 4.79 Å². The Morgan fingerprint density at radius 2 is 2.40 bits per heavy atom. The monoisotopic (exact) mass is 214 g/mol. The predicted octanol–water partition coefficient (Wildman–Crippen LogP) is -2.34. The van der Waals surface area contributed by atoms with Crippen molar-refractivity contribution in [1.82, 2.24) is 25.6 Å². The second-order valence-electron chi connectivity index (χ2n) is 2.82. The molecule has 15 heavy (non-hydrogen) atoms. The van der Waals surface area contributed by atoms with E-state index in [-0.39, 0.29) is 18.4 Å². The van der Waals surface area contributed by atoms with Crippen molar-refractivity contribution in [1.29, 1.82) is 0 Å². The van der Waals surface area contributed by atoms with Crippen molar-refractivity contribution in [2.45, 2.75) is 6.42 Å². The summed E-state index contributed by atoms with van der Waals surface area (Å²) in [4.78, 5) is 11.4. The molecule has 0 fully saturated rings. The van der Waals surface area contributed by atoms with Crippen LogP contribution < -0.4 is 16.9 Å². The van der Waals surface area contributed by atoms with Gasteiger partial charge in [-0.2, -0.15) is 5.21 Å². The van der Waals surface area contributed by atoms with Crippen molar-refractivity contribution in [2.75, 3.05) is 25.0 Å². The van der Waals surface area contributed by atoms with E-state index in [1.54, 1.807) is 0 Å². The smallest absolute Gasteiger partial charge is 0.263 e. The molecule has 0 atom stereocenters. The molecule has 9 nitrogen and oxygen atoms in total. The third kappa shape index (κ3) is 3.87. The van der Waals surface area contributed by atoms with Crippen LogP contribution in [-0.4, -0.2) is 51.2 Å². The van der Waals surface area contributed by atoms with Gasteiger partial charge in [0.05, 0.1) is 6.54 Å². The van der Waals surface area contributed by atoms with Gasteiger partial charge in [-0.05, 0) is 18.2 Å². The molecule has 1 aromatic heterocycles. The fraction of sp³-hybridized carbons (Fsp3) is 0.667. The van der Waals surface area contributed by atoms with Crippen LogP contribution in [0.15, 0.2) is 0 Å². The summed E-state index contributed by atoms with van der Waals surface area (Å²) in [5.41, 5.74) is 5.29. The zero-order valence-corrected chi connectivity index (χ0v) is 8.18. The summed E-state index contributed by atoms with van der Waals surface area (Å²) < 4.78 is 0. The molecule has 0 aromatic carbocycles. The quantitative estimate of drug-likeness (QED) is 0.236. The Bertz CT molecular complexity index is 285. The molecule has 0 bridgehead atoms. The highest BCUT2D eigenvalue weighted by Gasteiger charge is 2.09.